The van der Waals surface area contributed by atoms with E-state index in [0.717, 1.165) is 12.1 Å². The van der Waals surface area contributed by atoms with Gasteiger partial charge in [0.05, 0.1) is 0 Å². The summed E-state index contributed by atoms with van der Waals surface area (Å²) in [5, 5.41) is 8.77. The number of benzene rings is 1. The van der Waals surface area contributed by atoms with Crippen molar-refractivity contribution in [3.8, 4) is 12.3 Å². The Bertz CT molecular complexity index is 591. The van der Waals surface area contributed by atoms with E-state index in [-0.39, 0.29) is 6.42 Å². The molecule has 0 aliphatic carbocycles. The number of rotatable bonds is 5. The fourth-order valence-electron chi connectivity index (χ4n) is 1.21. The summed E-state index contributed by atoms with van der Waals surface area (Å²) < 4.78 is 38.7. The van der Waals surface area contributed by atoms with Crippen molar-refractivity contribution in [2.24, 2.45) is 0 Å². The number of halogens is 1. The number of aliphatic carboxylic acids is 1. The van der Waals surface area contributed by atoms with Gasteiger partial charge < -0.3 is 5.11 Å². The first-order valence-corrected chi connectivity index (χ1v) is 6.30. The number of hydrogen-bond donors (Lipinski definition) is 2. The Labute approximate surface area is 104 Å². The number of nitrogens with one attached hydrogen (secondary N) is 1. The molecule has 1 aromatic rings. The minimum Gasteiger partial charge on any atom is -0.480 e. The highest BCUT2D eigenvalue weighted by Gasteiger charge is 2.26. The first-order valence-electron chi connectivity index (χ1n) is 4.81. The predicted octanol–water partition coefficient (Wildman–Crippen LogP) is 0.581. The van der Waals surface area contributed by atoms with Crippen molar-refractivity contribution in [3.05, 3.63) is 30.1 Å². The summed E-state index contributed by atoms with van der Waals surface area (Å²) in [6, 6.07) is 3.16. The second kappa shape index (κ2) is 5.62. The quantitative estimate of drug-likeness (QED) is 0.767. The fraction of sp³-hybridized carbons (Fsp3) is 0.182. The smallest absolute Gasteiger partial charge is 0.322 e. The molecule has 0 spiro atoms. The van der Waals surface area contributed by atoms with Crippen LogP contribution in [-0.4, -0.2) is 25.5 Å². The molecule has 0 aliphatic rings. The van der Waals surface area contributed by atoms with Gasteiger partial charge in [-0.25, -0.2) is 12.8 Å². The second-order valence-electron chi connectivity index (χ2n) is 3.35. The number of carbonyl (C=O) groups is 1. The van der Waals surface area contributed by atoms with E-state index < -0.39 is 32.7 Å². The van der Waals surface area contributed by atoms with Gasteiger partial charge in [0.15, 0.2) is 0 Å². The Balaban J connectivity index is 3.06. The Morgan fingerprint density at radius 1 is 1.50 bits per heavy atom. The van der Waals surface area contributed by atoms with Crippen LogP contribution in [0.4, 0.5) is 4.39 Å². The third kappa shape index (κ3) is 3.29. The Morgan fingerprint density at radius 3 is 2.61 bits per heavy atom. The molecule has 1 unspecified atom stereocenters. The molecule has 5 nitrogen and oxygen atoms in total. The maximum atomic E-state index is 13.3. The zero-order valence-electron chi connectivity index (χ0n) is 9.13. The van der Waals surface area contributed by atoms with E-state index in [2.05, 4.69) is 0 Å². The van der Waals surface area contributed by atoms with Gasteiger partial charge in [0.25, 0.3) is 0 Å². The molecule has 1 atom stereocenters. The van der Waals surface area contributed by atoms with Crippen molar-refractivity contribution in [2.45, 2.75) is 17.4 Å². The van der Waals surface area contributed by atoms with Gasteiger partial charge >= 0.3 is 5.97 Å². The SMILES string of the molecule is C#CCC(NS(=O)(=O)c1ccccc1F)C(=O)O. The number of carboxylic acids is 1. The van der Waals surface area contributed by atoms with E-state index in [0.29, 0.717) is 0 Å². The largest absolute Gasteiger partial charge is 0.480 e. The normalized spacial score (nSPS) is 12.7. The van der Waals surface area contributed by atoms with E-state index >= 15 is 0 Å². The maximum Gasteiger partial charge on any atom is 0.322 e. The first kappa shape index (κ1) is 14.2. The summed E-state index contributed by atoms with van der Waals surface area (Å²) in [6.45, 7) is 0. The minimum atomic E-state index is -4.26. The molecule has 7 heteroatoms. The standard InChI is InChI=1S/C11H10FNO4S/c1-2-5-9(11(14)15)13-18(16,17)10-7-4-3-6-8(10)12/h1,3-4,6-7,9,13H,5H2,(H,14,15). The molecule has 96 valence electrons. The van der Waals surface area contributed by atoms with Gasteiger partial charge in [0.1, 0.15) is 16.8 Å². The van der Waals surface area contributed by atoms with Crippen molar-refractivity contribution < 1.29 is 22.7 Å². The van der Waals surface area contributed by atoms with E-state index in [9.17, 15) is 17.6 Å². The number of carboxylic acid groups (broad SMARTS) is 1. The Hall–Kier alpha value is -1.91. The molecule has 0 bridgehead atoms. The number of terminal acetylenes is 1. The van der Waals surface area contributed by atoms with Gasteiger partial charge in [-0.1, -0.05) is 12.1 Å². The summed E-state index contributed by atoms with van der Waals surface area (Å²) >= 11 is 0. The van der Waals surface area contributed by atoms with Crippen LogP contribution in [0.5, 0.6) is 0 Å². The zero-order chi connectivity index (χ0) is 13.8. The Morgan fingerprint density at radius 2 is 2.11 bits per heavy atom. The molecule has 0 amide bonds. The second-order valence-corrected chi connectivity index (χ2v) is 5.03. The van der Waals surface area contributed by atoms with E-state index in [4.69, 9.17) is 11.5 Å². The van der Waals surface area contributed by atoms with Crippen molar-refractivity contribution in [1.82, 2.24) is 4.72 Å². The molecule has 1 aromatic carbocycles. The average molecular weight is 271 g/mol. The molecule has 2 N–H and O–H groups in total. The first-order chi connectivity index (χ1) is 8.38. The highest BCUT2D eigenvalue weighted by molar-refractivity contribution is 7.89. The van der Waals surface area contributed by atoms with E-state index in [1.165, 1.54) is 12.1 Å². The van der Waals surface area contributed by atoms with Crippen LogP contribution >= 0.6 is 0 Å². The summed E-state index contributed by atoms with van der Waals surface area (Å²) in [5.41, 5.74) is 0. The van der Waals surface area contributed by atoms with E-state index in [1.54, 1.807) is 0 Å². The number of sulfonamides is 1. The fourth-order valence-corrected chi connectivity index (χ4v) is 2.48. The molecule has 0 aromatic heterocycles. The van der Waals surface area contributed by atoms with E-state index in [1.807, 2.05) is 10.6 Å². The minimum absolute atomic E-state index is 0.330. The van der Waals surface area contributed by atoms with Crippen molar-refractivity contribution in [2.75, 3.05) is 0 Å². The molecule has 0 saturated heterocycles. The van der Waals surface area contributed by atoms with Gasteiger partial charge in [0, 0.05) is 6.42 Å². The van der Waals surface area contributed by atoms with Crippen LogP contribution in [-0.2, 0) is 14.8 Å². The predicted molar refractivity (Wildman–Crippen MR) is 61.6 cm³/mol. The molecular weight excluding hydrogens is 261 g/mol. The Kier molecular flexibility index (Phi) is 4.42. The maximum absolute atomic E-state index is 13.3. The van der Waals surface area contributed by atoms with Crippen LogP contribution in [0.15, 0.2) is 29.2 Å². The van der Waals surface area contributed by atoms with Gasteiger partial charge in [-0.3, -0.25) is 4.79 Å². The van der Waals surface area contributed by atoms with Crippen molar-refractivity contribution in [3.63, 3.8) is 0 Å². The molecule has 0 heterocycles. The molecule has 0 fully saturated rings. The molecule has 1 rings (SSSR count). The van der Waals surface area contributed by atoms with Crippen LogP contribution in [0, 0.1) is 18.2 Å². The zero-order valence-corrected chi connectivity index (χ0v) is 9.95. The summed E-state index contributed by atoms with van der Waals surface area (Å²) in [5.74, 6) is -0.350. The lowest BCUT2D eigenvalue weighted by Crippen LogP contribution is -2.40. The topological polar surface area (TPSA) is 83.5 Å². The molecule has 0 aliphatic heterocycles. The van der Waals surface area contributed by atoms with Crippen LogP contribution in [0.3, 0.4) is 0 Å². The third-order valence-corrected chi connectivity index (χ3v) is 3.55. The molecule has 18 heavy (non-hydrogen) atoms. The summed E-state index contributed by atoms with van der Waals surface area (Å²) in [4.78, 5) is 10.1. The monoisotopic (exact) mass is 271 g/mol. The highest BCUT2D eigenvalue weighted by atomic mass is 32.2. The lowest BCUT2D eigenvalue weighted by molar-refractivity contribution is -0.138. The van der Waals surface area contributed by atoms with Crippen LogP contribution in [0.25, 0.3) is 0 Å². The van der Waals surface area contributed by atoms with Crippen LogP contribution < -0.4 is 4.72 Å². The summed E-state index contributed by atoms with van der Waals surface area (Å²) in [6.07, 6.45) is 4.60. The summed E-state index contributed by atoms with van der Waals surface area (Å²) in [7, 11) is -4.26. The van der Waals surface area contributed by atoms with Gasteiger partial charge in [0.2, 0.25) is 10.0 Å². The van der Waals surface area contributed by atoms with Gasteiger partial charge in [-0.05, 0) is 12.1 Å². The van der Waals surface area contributed by atoms with Crippen LogP contribution in [0.2, 0.25) is 0 Å². The van der Waals surface area contributed by atoms with Crippen molar-refractivity contribution >= 4 is 16.0 Å². The molecule has 0 saturated carbocycles. The lowest BCUT2D eigenvalue weighted by atomic mass is 10.2. The lowest BCUT2D eigenvalue weighted by Gasteiger charge is -2.12. The van der Waals surface area contributed by atoms with Gasteiger partial charge in [-0.15, -0.1) is 12.3 Å². The molecule has 0 radical (unpaired) electrons. The van der Waals surface area contributed by atoms with Crippen molar-refractivity contribution in [1.29, 1.82) is 0 Å². The number of hydrogen-bond acceptors (Lipinski definition) is 3. The van der Waals surface area contributed by atoms with Gasteiger partial charge in [-0.2, -0.15) is 4.72 Å². The molecular formula is C11H10FNO4S. The van der Waals surface area contributed by atoms with Crippen LogP contribution in [0.1, 0.15) is 6.42 Å². The third-order valence-electron chi connectivity index (χ3n) is 2.04. The average Bonchev–Trinajstić information content (AvgIpc) is 2.28. The highest BCUT2D eigenvalue weighted by Crippen LogP contribution is 2.14.